The molecule has 1 aliphatic heterocycles. The number of halogens is 1. The first-order valence-corrected chi connectivity index (χ1v) is 6.13. The van der Waals surface area contributed by atoms with Crippen LogP contribution < -0.4 is 5.56 Å². The average molecular weight is 255 g/mol. The van der Waals surface area contributed by atoms with Crippen molar-refractivity contribution in [3.8, 4) is 0 Å². The van der Waals surface area contributed by atoms with Gasteiger partial charge in [0.25, 0.3) is 5.91 Å². The molecule has 0 saturated carbocycles. The van der Waals surface area contributed by atoms with Crippen molar-refractivity contribution in [1.82, 2.24) is 9.88 Å². The van der Waals surface area contributed by atoms with Crippen LogP contribution in [-0.4, -0.2) is 34.3 Å². The molecule has 5 heteroatoms. The maximum Gasteiger partial charge on any atom is 0.255 e. The molecular weight excluding hydrogens is 240 g/mol. The Morgan fingerprint density at radius 2 is 2.29 bits per heavy atom. The highest BCUT2D eigenvalue weighted by molar-refractivity contribution is 6.21. The molecule has 1 aromatic rings. The van der Waals surface area contributed by atoms with Crippen LogP contribution in [0.5, 0.6) is 0 Å². The Labute approximate surface area is 105 Å². The molecule has 1 saturated heterocycles. The summed E-state index contributed by atoms with van der Waals surface area (Å²) in [5.41, 5.74) is 0.298. The SMILES string of the molecule is CC1CCN(C(=O)c2ccc(=O)[nH]c2)CC1Cl. The summed E-state index contributed by atoms with van der Waals surface area (Å²) < 4.78 is 0. The van der Waals surface area contributed by atoms with E-state index in [0.717, 1.165) is 13.0 Å². The third-order valence-electron chi connectivity index (χ3n) is 3.18. The first-order chi connectivity index (χ1) is 8.08. The molecule has 92 valence electrons. The van der Waals surface area contributed by atoms with E-state index in [4.69, 9.17) is 11.6 Å². The van der Waals surface area contributed by atoms with Crippen molar-refractivity contribution in [3.63, 3.8) is 0 Å². The fourth-order valence-corrected chi connectivity index (χ4v) is 2.23. The summed E-state index contributed by atoms with van der Waals surface area (Å²) in [5.74, 6) is 0.370. The Bertz CT molecular complexity index is 451. The number of rotatable bonds is 1. The number of aromatic nitrogens is 1. The van der Waals surface area contributed by atoms with E-state index in [1.165, 1.54) is 12.3 Å². The molecule has 1 fully saturated rings. The zero-order chi connectivity index (χ0) is 12.4. The van der Waals surface area contributed by atoms with Crippen LogP contribution in [0, 0.1) is 5.92 Å². The minimum atomic E-state index is -0.205. The van der Waals surface area contributed by atoms with Crippen molar-refractivity contribution in [2.75, 3.05) is 13.1 Å². The molecule has 1 aromatic heterocycles. The molecule has 17 heavy (non-hydrogen) atoms. The van der Waals surface area contributed by atoms with E-state index in [-0.39, 0.29) is 16.8 Å². The van der Waals surface area contributed by atoms with E-state index in [1.54, 1.807) is 11.0 Å². The van der Waals surface area contributed by atoms with Gasteiger partial charge >= 0.3 is 0 Å². The number of H-pyrrole nitrogens is 1. The molecule has 2 rings (SSSR count). The second kappa shape index (κ2) is 4.92. The number of hydrogen-bond donors (Lipinski definition) is 1. The normalized spacial score (nSPS) is 24.7. The Hall–Kier alpha value is -1.29. The number of piperidine rings is 1. The summed E-state index contributed by atoms with van der Waals surface area (Å²) in [7, 11) is 0. The lowest BCUT2D eigenvalue weighted by atomic mass is 9.98. The number of alkyl halides is 1. The van der Waals surface area contributed by atoms with E-state index in [0.29, 0.717) is 18.0 Å². The van der Waals surface area contributed by atoms with Gasteiger partial charge in [-0.15, -0.1) is 11.6 Å². The van der Waals surface area contributed by atoms with Crippen molar-refractivity contribution in [2.24, 2.45) is 5.92 Å². The minimum Gasteiger partial charge on any atom is -0.337 e. The quantitative estimate of drug-likeness (QED) is 0.772. The van der Waals surface area contributed by atoms with Crippen LogP contribution in [0.25, 0.3) is 0 Å². The summed E-state index contributed by atoms with van der Waals surface area (Å²) in [5, 5.41) is 0.00969. The fraction of sp³-hybridized carbons (Fsp3) is 0.500. The monoisotopic (exact) mass is 254 g/mol. The van der Waals surface area contributed by atoms with E-state index < -0.39 is 0 Å². The van der Waals surface area contributed by atoms with Gasteiger partial charge in [-0.05, 0) is 18.4 Å². The molecule has 0 aliphatic carbocycles. The number of carbonyl (C=O) groups excluding carboxylic acids is 1. The lowest BCUT2D eigenvalue weighted by Crippen LogP contribution is -2.43. The molecule has 1 amide bonds. The highest BCUT2D eigenvalue weighted by Gasteiger charge is 2.27. The summed E-state index contributed by atoms with van der Waals surface area (Å²) in [6.07, 6.45) is 2.37. The maximum atomic E-state index is 12.1. The molecule has 2 unspecified atom stereocenters. The van der Waals surface area contributed by atoms with Crippen LogP contribution in [0.2, 0.25) is 0 Å². The third-order valence-corrected chi connectivity index (χ3v) is 3.75. The van der Waals surface area contributed by atoms with Gasteiger partial charge in [-0.1, -0.05) is 6.92 Å². The second-order valence-corrected chi connectivity index (χ2v) is 5.04. The highest BCUT2D eigenvalue weighted by atomic mass is 35.5. The van der Waals surface area contributed by atoms with Gasteiger partial charge < -0.3 is 9.88 Å². The number of amides is 1. The van der Waals surface area contributed by atoms with Crippen LogP contribution in [0.3, 0.4) is 0 Å². The molecule has 0 radical (unpaired) electrons. The molecule has 4 nitrogen and oxygen atoms in total. The number of aromatic amines is 1. The van der Waals surface area contributed by atoms with Gasteiger partial charge in [0.2, 0.25) is 5.56 Å². The van der Waals surface area contributed by atoms with Crippen molar-refractivity contribution in [1.29, 1.82) is 0 Å². The lowest BCUT2D eigenvalue weighted by molar-refractivity contribution is 0.0701. The van der Waals surface area contributed by atoms with Crippen LogP contribution in [-0.2, 0) is 0 Å². The van der Waals surface area contributed by atoms with Crippen molar-refractivity contribution >= 4 is 17.5 Å². The summed E-state index contributed by atoms with van der Waals surface area (Å²) in [6, 6.07) is 2.90. The number of nitrogens with zero attached hydrogens (tertiary/aromatic N) is 1. The largest absolute Gasteiger partial charge is 0.337 e. The van der Waals surface area contributed by atoms with E-state index in [9.17, 15) is 9.59 Å². The topological polar surface area (TPSA) is 53.2 Å². The van der Waals surface area contributed by atoms with E-state index in [1.807, 2.05) is 0 Å². The van der Waals surface area contributed by atoms with Gasteiger partial charge in [0.05, 0.1) is 10.9 Å². The number of hydrogen-bond acceptors (Lipinski definition) is 2. The Kier molecular flexibility index (Phi) is 3.52. The van der Waals surface area contributed by atoms with Crippen molar-refractivity contribution < 1.29 is 4.79 Å². The average Bonchev–Trinajstić information content (AvgIpc) is 2.33. The van der Waals surface area contributed by atoms with E-state index >= 15 is 0 Å². The van der Waals surface area contributed by atoms with Crippen LogP contribution in [0.4, 0.5) is 0 Å². The summed E-state index contributed by atoms with van der Waals surface area (Å²) >= 11 is 6.17. The Morgan fingerprint density at radius 1 is 1.53 bits per heavy atom. The number of carbonyl (C=O) groups is 1. The number of nitrogens with one attached hydrogen (secondary N) is 1. The summed E-state index contributed by atoms with van der Waals surface area (Å²) in [6.45, 7) is 3.39. The number of pyridine rings is 1. The third kappa shape index (κ3) is 2.69. The van der Waals surface area contributed by atoms with Crippen molar-refractivity contribution in [2.45, 2.75) is 18.7 Å². The number of likely N-dealkylation sites (tertiary alicyclic amines) is 1. The van der Waals surface area contributed by atoms with Gasteiger partial charge in [-0.2, -0.15) is 0 Å². The highest BCUT2D eigenvalue weighted by Crippen LogP contribution is 2.22. The van der Waals surface area contributed by atoms with Crippen LogP contribution >= 0.6 is 11.6 Å². The zero-order valence-corrected chi connectivity index (χ0v) is 10.4. The van der Waals surface area contributed by atoms with E-state index in [2.05, 4.69) is 11.9 Å². The lowest BCUT2D eigenvalue weighted by Gasteiger charge is -2.33. The standard InChI is InChI=1S/C12H15ClN2O2/c1-8-4-5-15(7-10(8)13)12(17)9-2-3-11(16)14-6-9/h2-3,6,8,10H,4-5,7H2,1H3,(H,14,16). The summed E-state index contributed by atoms with van der Waals surface area (Å²) in [4.78, 5) is 27.3. The predicted molar refractivity (Wildman–Crippen MR) is 66.4 cm³/mol. The molecule has 2 heterocycles. The molecule has 1 N–H and O–H groups in total. The van der Waals surface area contributed by atoms with Gasteiger partial charge in [0.1, 0.15) is 0 Å². The second-order valence-electron chi connectivity index (χ2n) is 4.47. The predicted octanol–water partition coefficient (Wildman–Crippen LogP) is 1.46. The first kappa shape index (κ1) is 12.2. The first-order valence-electron chi connectivity index (χ1n) is 5.70. The van der Waals surface area contributed by atoms with Crippen molar-refractivity contribution in [3.05, 3.63) is 34.2 Å². The minimum absolute atomic E-state index is 0.00969. The van der Waals surface area contributed by atoms with Gasteiger partial charge in [-0.25, -0.2) is 0 Å². The van der Waals surface area contributed by atoms with Gasteiger partial charge in [0, 0.05) is 25.4 Å². The maximum absolute atomic E-state index is 12.1. The Morgan fingerprint density at radius 3 is 2.88 bits per heavy atom. The molecule has 0 spiro atoms. The Balaban J connectivity index is 2.10. The molecular formula is C12H15ClN2O2. The zero-order valence-electron chi connectivity index (χ0n) is 9.65. The molecule has 0 bridgehead atoms. The fourth-order valence-electron chi connectivity index (χ4n) is 1.93. The van der Waals surface area contributed by atoms with Gasteiger partial charge in [0.15, 0.2) is 0 Å². The molecule has 1 aliphatic rings. The molecule has 2 atom stereocenters. The van der Waals surface area contributed by atoms with Gasteiger partial charge in [-0.3, -0.25) is 9.59 Å². The van der Waals surface area contributed by atoms with Crippen LogP contribution in [0.15, 0.2) is 23.1 Å². The van der Waals surface area contributed by atoms with Crippen LogP contribution in [0.1, 0.15) is 23.7 Å². The molecule has 0 aromatic carbocycles. The smallest absolute Gasteiger partial charge is 0.255 e.